The second-order valence-electron chi connectivity index (χ2n) is 8.86. The summed E-state index contributed by atoms with van der Waals surface area (Å²) in [5.41, 5.74) is 3.19. The van der Waals surface area contributed by atoms with Crippen LogP contribution in [-0.4, -0.2) is 19.9 Å². The van der Waals surface area contributed by atoms with E-state index in [9.17, 15) is 4.79 Å². The first kappa shape index (κ1) is 20.5. The lowest BCUT2D eigenvalue weighted by molar-refractivity contribution is -0.670. The van der Waals surface area contributed by atoms with Gasteiger partial charge >= 0.3 is 5.97 Å². The molecule has 1 aromatic heterocycles. The molecular weight excluding hydrogens is 456 g/mol. The Hall–Kier alpha value is -4.83. The normalized spacial score (nSPS) is 13.3. The predicted octanol–water partition coefficient (Wildman–Crippen LogP) is 4.82. The Kier molecular flexibility index (Phi) is 4.33. The number of hydrogen-bond acceptors (Lipinski definition) is 6. The standard InChI is InChI=1S/C29H19N2O5/c1-33-23-9-8-19-20-6-7-21-25-18(12-24-27(21)35-15-34-24)10-11-31(26(20)25)14-22(19)28(23)36-29(32)17-4-2-16(13-30)3-5-17/h2-9,12,14H,10-11,15H2,1H3/q+1. The van der Waals surface area contributed by atoms with Crippen LogP contribution in [0, 0.1) is 11.3 Å². The van der Waals surface area contributed by atoms with Crippen molar-refractivity contribution in [3.05, 3.63) is 77.5 Å². The van der Waals surface area contributed by atoms with Crippen LogP contribution in [0.2, 0.25) is 0 Å². The van der Waals surface area contributed by atoms with Crippen molar-refractivity contribution >= 4 is 38.4 Å². The first-order chi connectivity index (χ1) is 17.7. The molecule has 0 amide bonds. The fourth-order valence-electron chi connectivity index (χ4n) is 5.33. The molecule has 7 rings (SSSR count). The Bertz CT molecular complexity index is 1800. The third-order valence-electron chi connectivity index (χ3n) is 7.00. The number of pyridine rings is 1. The smallest absolute Gasteiger partial charge is 0.343 e. The fraction of sp³-hybridized carbons (Fsp3) is 0.138. The van der Waals surface area contributed by atoms with E-state index in [4.69, 9.17) is 24.2 Å². The van der Waals surface area contributed by atoms with Crippen LogP contribution in [0.1, 0.15) is 21.5 Å². The van der Waals surface area contributed by atoms with Crippen LogP contribution in [0.15, 0.2) is 60.8 Å². The zero-order valence-electron chi connectivity index (χ0n) is 19.3. The summed E-state index contributed by atoms with van der Waals surface area (Å²) in [5.74, 6) is 1.91. The Morgan fingerprint density at radius 3 is 2.61 bits per heavy atom. The number of nitriles is 1. The number of hydrogen-bond donors (Lipinski definition) is 0. The largest absolute Gasteiger partial charge is 0.493 e. The first-order valence-corrected chi connectivity index (χ1v) is 11.6. The number of aryl methyl sites for hydroxylation is 2. The lowest BCUT2D eigenvalue weighted by Gasteiger charge is -2.18. The van der Waals surface area contributed by atoms with Crippen LogP contribution in [0.25, 0.3) is 32.4 Å². The summed E-state index contributed by atoms with van der Waals surface area (Å²) in [7, 11) is 1.56. The average Bonchev–Trinajstić information content (AvgIpc) is 3.40. The Balaban J connectivity index is 1.45. The van der Waals surface area contributed by atoms with E-state index in [-0.39, 0.29) is 6.79 Å². The van der Waals surface area contributed by atoms with Gasteiger partial charge in [0.2, 0.25) is 12.3 Å². The maximum atomic E-state index is 13.0. The second kappa shape index (κ2) is 7.59. The fourth-order valence-corrected chi connectivity index (χ4v) is 5.33. The third-order valence-corrected chi connectivity index (χ3v) is 7.00. The molecule has 36 heavy (non-hydrogen) atoms. The molecule has 0 bridgehead atoms. The minimum Gasteiger partial charge on any atom is -0.493 e. The molecule has 0 radical (unpaired) electrons. The van der Waals surface area contributed by atoms with E-state index < -0.39 is 5.97 Å². The van der Waals surface area contributed by atoms with E-state index in [1.165, 1.54) is 5.56 Å². The van der Waals surface area contributed by atoms with Crippen LogP contribution in [0.4, 0.5) is 0 Å². The van der Waals surface area contributed by atoms with Crippen molar-refractivity contribution in [3.8, 4) is 29.1 Å². The SMILES string of the molecule is COc1ccc2c(c[n+]3c4c2ccc2c5c(cc(c24)CC3)OCO5)c1OC(=O)c1ccc(C#N)cc1. The zero-order chi connectivity index (χ0) is 24.4. The molecule has 0 unspecified atom stereocenters. The van der Waals surface area contributed by atoms with Gasteiger partial charge in [-0.1, -0.05) is 0 Å². The molecule has 0 N–H and O–H groups in total. The summed E-state index contributed by atoms with van der Waals surface area (Å²) in [6, 6.07) is 18.5. The maximum Gasteiger partial charge on any atom is 0.343 e. The molecule has 0 saturated heterocycles. The van der Waals surface area contributed by atoms with E-state index >= 15 is 0 Å². The molecule has 3 heterocycles. The van der Waals surface area contributed by atoms with E-state index in [2.05, 4.69) is 28.8 Å². The van der Waals surface area contributed by atoms with Crippen molar-refractivity contribution in [2.24, 2.45) is 0 Å². The Labute approximate surface area is 205 Å². The van der Waals surface area contributed by atoms with E-state index in [1.54, 1.807) is 31.4 Å². The monoisotopic (exact) mass is 475 g/mol. The van der Waals surface area contributed by atoms with Gasteiger partial charge in [-0.2, -0.15) is 9.83 Å². The molecule has 0 fully saturated rings. The summed E-state index contributed by atoms with van der Waals surface area (Å²) >= 11 is 0. The molecule has 2 aliphatic heterocycles. The topological polar surface area (TPSA) is 81.7 Å². The summed E-state index contributed by atoms with van der Waals surface area (Å²) < 4.78 is 25.2. The Morgan fingerprint density at radius 2 is 1.81 bits per heavy atom. The van der Waals surface area contributed by atoms with Gasteiger partial charge < -0.3 is 18.9 Å². The van der Waals surface area contributed by atoms with E-state index in [0.717, 1.165) is 56.9 Å². The van der Waals surface area contributed by atoms with Crippen molar-refractivity contribution in [2.45, 2.75) is 13.0 Å². The maximum absolute atomic E-state index is 13.0. The highest BCUT2D eigenvalue weighted by molar-refractivity contribution is 6.17. The zero-order valence-corrected chi connectivity index (χ0v) is 19.3. The predicted molar refractivity (Wildman–Crippen MR) is 132 cm³/mol. The number of nitrogens with zero attached hydrogens (tertiary/aromatic N) is 2. The van der Waals surface area contributed by atoms with Gasteiger partial charge in [0.05, 0.1) is 40.5 Å². The third kappa shape index (κ3) is 2.85. The number of carbonyl (C=O) groups is 1. The molecule has 0 saturated carbocycles. The minimum absolute atomic E-state index is 0.234. The molecular formula is C29H19N2O5+. The minimum atomic E-state index is -0.516. The number of ether oxygens (including phenoxy) is 4. The van der Waals surface area contributed by atoms with Gasteiger partial charge in [-0.3, -0.25) is 0 Å². The van der Waals surface area contributed by atoms with Crippen LogP contribution in [-0.2, 0) is 13.0 Å². The van der Waals surface area contributed by atoms with Gasteiger partial charge in [-0.15, -0.1) is 0 Å². The number of aromatic nitrogens is 1. The van der Waals surface area contributed by atoms with Crippen LogP contribution in [0.3, 0.4) is 0 Å². The lowest BCUT2D eigenvalue weighted by Crippen LogP contribution is -2.38. The van der Waals surface area contributed by atoms with Gasteiger partial charge in [-0.05, 0) is 60.2 Å². The molecule has 7 heteroatoms. The highest BCUT2D eigenvalue weighted by Crippen LogP contribution is 2.46. The molecule has 5 aromatic rings. The van der Waals surface area contributed by atoms with Gasteiger partial charge in [0.25, 0.3) is 0 Å². The number of rotatable bonds is 3. The number of benzene rings is 4. The highest BCUT2D eigenvalue weighted by atomic mass is 16.7. The van der Waals surface area contributed by atoms with Gasteiger partial charge in [0.15, 0.2) is 35.7 Å². The summed E-state index contributed by atoms with van der Waals surface area (Å²) in [6.07, 6.45) is 2.88. The van der Waals surface area contributed by atoms with Crippen molar-refractivity contribution < 1.29 is 28.3 Å². The van der Waals surface area contributed by atoms with Crippen molar-refractivity contribution in [3.63, 3.8) is 0 Å². The quantitative estimate of drug-likeness (QED) is 0.161. The number of fused-ring (bicyclic) bond motifs is 4. The summed E-state index contributed by atoms with van der Waals surface area (Å²) in [4.78, 5) is 13.0. The van der Waals surface area contributed by atoms with Crippen molar-refractivity contribution in [1.82, 2.24) is 0 Å². The van der Waals surface area contributed by atoms with Gasteiger partial charge in [-0.25, -0.2) is 4.79 Å². The number of carbonyl (C=O) groups excluding carboxylic acids is 1. The van der Waals surface area contributed by atoms with Gasteiger partial charge in [0, 0.05) is 17.2 Å². The van der Waals surface area contributed by atoms with E-state index in [1.807, 2.05) is 18.3 Å². The number of esters is 1. The summed E-state index contributed by atoms with van der Waals surface area (Å²) in [5, 5.41) is 14.0. The first-order valence-electron chi connectivity index (χ1n) is 11.6. The number of methoxy groups -OCH3 is 1. The van der Waals surface area contributed by atoms with E-state index in [0.29, 0.717) is 22.6 Å². The van der Waals surface area contributed by atoms with Crippen molar-refractivity contribution in [1.29, 1.82) is 5.26 Å². The molecule has 2 aliphatic rings. The molecule has 0 spiro atoms. The molecule has 4 aromatic carbocycles. The average molecular weight is 475 g/mol. The van der Waals surface area contributed by atoms with Crippen LogP contribution < -0.4 is 23.5 Å². The molecule has 0 atom stereocenters. The lowest BCUT2D eigenvalue weighted by atomic mass is 9.93. The summed E-state index contributed by atoms with van der Waals surface area (Å²) in [6.45, 7) is 1.01. The molecule has 174 valence electrons. The second-order valence-corrected chi connectivity index (χ2v) is 8.86. The van der Waals surface area contributed by atoms with Crippen LogP contribution in [0.5, 0.6) is 23.0 Å². The van der Waals surface area contributed by atoms with Crippen molar-refractivity contribution in [2.75, 3.05) is 13.9 Å². The Morgan fingerprint density at radius 1 is 1.00 bits per heavy atom. The van der Waals surface area contributed by atoms with Gasteiger partial charge in [0.1, 0.15) is 0 Å². The highest BCUT2D eigenvalue weighted by Gasteiger charge is 2.30. The van der Waals surface area contributed by atoms with Crippen LogP contribution >= 0.6 is 0 Å². The molecule has 7 nitrogen and oxygen atoms in total. The molecule has 0 aliphatic carbocycles.